The molecule has 0 spiro atoms. The number of hydrogen-bond donors (Lipinski definition) is 2. The lowest BCUT2D eigenvalue weighted by Crippen LogP contribution is -2.36. The van der Waals surface area contributed by atoms with Crippen LogP contribution in [0, 0.1) is 0 Å². The standard InChI is InChI=1S/C17H26N2O5/c1-21-14-7-12(8-15(22-2)17(14)23-3)9-19-16(20)11-18-10-13-5-4-6-24-13/h7-8,13,18H,4-6,9-11H2,1-3H3,(H,19,20). The van der Waals surface area contributed by atoms with E-state index < -0.39 is 0 Å². The van der Waals surface area contributed by atoms with Crippen LogP contribution in [0.25, 0.3) is 0 Å². The predicted molar refractivity (Wildman–Crippen MR) is 89.8 cm³/mol. The lowest BCUT2D eigenvalue weighted by atomic mass is 10.1. The Balaban J connectivity index is 1.83. The molecule has 134 valence electrons. The first kappa shape index (κ1) is 18.4. The predicted octanol–water partition coefficient (Wildman–Crippen LogP) is 1.10. The third-order valence-corrected chi connectivity index (χ3v) is 3.90. The van der Waals surface area contributed by atoms with Gasteiger partial charge in [-0.25, -0.2) is 0 Å². The molecule has 1 amide bonds. The minimum absolute atomic E-state index is 0.0678. The Morgan fingerprint density at radius 1 is 1.21 bits per heavy atom. The first-order valence-electron chi connectivity index (χ1n) is 8.05. The molecule has 1 heterocycles. The number of amides is 1. The van der Waals surface area contributed by atoms with Gasteiger partial charge in [0.05, 0.1) is 34.0 Å². The van der Waals surface area contributed by atoms with Crippen LogP contribution in [0.2, 0.25) is 0 Å². The van der Waals surface area contributed by atoms with Crippen molar-refractivity contribution in [3.63, 3.8) is 0 Å². The number of benzene rings is 1. The molecule has 24 heavy (non-hydrogen) atoms. The molecule has 7 nitrogen and oxygen atoms in total. The van der Waals surface area contributed by atoms with Crippen molar-refractivity contribution in [2.24, 2.45) is 0 Å². The third kappa shape index (κ3) is 5.01. The number of nitrogens with one attached hydrogen (secondary N) is 2. The Bertz CT molecular complexity index is 519. The highest BCUT2D eigenvalue weighted by molar-refractivity contribution is 5.78. The fourth-order valence-corrected chi connectivity index (χ4v) is 2.65. The second kappa shape index (κ2) is 9.34. The summed E-state index contributed by atoms with van der Waals surface area (Å²) in [6.45, 7) is 2.18. The Hall–Kier alpha value is -1.99. The lowest BCUT2D eigenvalue weighted by Gasteiger charge is -2.15. The van der Waals surface area contributed by atoms with Gasteiger partial charge in [0.25, 0.3) is 0 Å². The Morgan fingerprint density at radius 3 is 2.46 bits per heavy atom. The van der Waals surface area contributed by atoms with Crippen molar-refractivity contribution < 1.29 is 23.7 Å². The highest BCUT2D eigenvalue weighted by Gasteiger charge is 2.16. The van der Waals surface area contributed by atoms with Gasteiger partial charge in [-0.1, -0.05) is 0 Å². The largest absolute Gasteiger partial charge is 0.493 e. The third-order valence-electron chi connectivity index (χ3n) is 3.90. The zero-order valence-electron chi connectivity index (χ0n) is 14.5. The van der Waals surface area contributed by atoms with E-state index in [1.807, 2.05) is 12.1 Å². The smallest absolute Gasteiger partial charge is 0.234 e. The van der Waals surface area contributed by atoms with Crippen LogP contribution in [0.5, 0.6) is 17.2 Å². The second-order valence-corrected chi connectivity index (χ2v) is 5.58. The molecule has 1 aliphatic heterocycles. The molecule has 1 saturated heterocycles. The first-order valence-corrected chi connectivity index (χ1v) is 8.05. The van der Waals surface area contributed by atoms with Crippen molar-refractivity contribution in [1.82, 2.24) is 10.6 Å². The van der Waals surface area contributed by atoms with Gasteiger partial charge in [0, 0.05) is 19.7 Å². The Kier molecular flexibility index (Phi) is 7.14. The van der Waals surface area contributed by atoms with Gasteiger partial charge in [0.2, 0.25) is 11.7 Å². The average molecular weight is 338 g/mol. The topological polar surface area (TPSA) is 78.1 Å². The fraction of sp³-hybridized carbons (Fsp3) is 0.588. The molecule has 2 N–H and O–H groups in total. The van der Waals surface area contributed by atoms with Crippen LogP contribution in [0.15, 0.2) is 12.1 Å². The molecule has 0 aromatic heterocycles. The van der Waals surface area contributed by atoms with Gasteiger partial charge in [-0.3, -0.25) is 4.79 Å². The molecule has 2 rings (SSSR count). The molecule has 7 heteroatoms. The van der Waals surface area contributed by atoms with Gasteiger partial charge in [0.15, 0.2) is 11.5 Å². The zero-order chi connectivity index (χ0) is 17.4. The summed E-state index contributed by atoms with van der Waals surface area (Å²) in [5.74, 6) is 1.60. The second-order valence-electron chi connectivity index (χ2n) is 5.58. The molecule has 0 radical (unpaired) electrons. The Morgan fingerprint density at radius 2 is 1.92 bits per heavy atom. The summed E-state index contributed by atoms with van der Waals surface area (Å²) in [7, 11) is 4.69. The van der Waals surface area contributed by atoms with Crippen LogP contribution in [0.1, 0.15) is 18.4 Å². The van der Waals surface area contributed by atoms with E-state index in [4.69, 9.17) is 18.9 Å². The molecule has 1 aromatic carbocycles. The van der Waals surface area contributed by atoms with Gasteiger partial charge in [-0.05, 0) is 30.5 Å². The molecule has 1 fully saturated rings. The van der Waals surface area contributed by atoms with Crippen molar-refractivity contribution in [3.8, 4) is 17.2 Å². The number of carbonyl (C=O) groups excluding carboxylic acids is 1. The maximum Gasteiger partial charge on any atom is 0.234 e. The van der Waals surface area contributed by atoms with Crippen molar-refractivity contribution in [1.29, 1.82) is 0 Å². The van der Waals surface area contributed by atoms with Crippen LogP contribution >= 0.6 is 0 Å². The normalized spacial score (nSPS) is 16.7. The molecule has 1 aliphatic rings. The SMILES string of the molecule is COc1cc(CNC(=O)CNCC2CCCO2)cc(OC)c1OC. The monoisotopic (exact) mass is 338 g/mol. The highest BCUT2D eigenvalue weighted by atomic mass is 16.5. The maximum absolute atomic E-state index is 11.9. The van der Waals surface area contributed by atoms with E-state index in [0.29, 0.717) is 30.3 Å². The number of methoxy groups -OCH3 is 3. The van der Waals surface area contributed by atoms with Crippen LogP contribution in [-0.4, -0.2) is 53.0 Å². The molecular formula is C17H26N2O5. The van der Waals surface area contributed by atoms with E-state index in [-0.39, 0.29) is 18.6 Å². The number of hydrogen-bond acceptors (Lipinski definition) is 6. The van der Waals surface area contributed by atoms with E-state index in [9.17, 15) is 4.79 Å². The van der Waals surface area contributed by atoms with E-state index in [1.54, 1.807) is 21.3 Å². The molecular weight excluding hydrogens is 312 g/mol. The summed E-state index contributed by atoms with van der Waals surface area (Å²) in [6, 6.07) is 3.64. The van der Waals surface area contributed by atoms with Crippen LogP contribution in [-0.2, 0) is 16.1 Å². The van der Waals surface area contributed by atoms with E-state index >= 15 is 0 Å². The van der Waals surface area contributed by atoms with Crippen LogP contribution in [0.4, 0.5) is 0 Å². The fourth-order valence-electron chi connectivity index (χ4n) is 2.65. The molecule has 0 aliphatic carbocycles. The number of ether oxygens (including phenoxy) is 4. The van der Waals surface area contributed by atoms with Crippen LogP contribution in [0.3, 0.4) is 0 Å². The summed E-state index contributed by atoms with van der Waals surface area (Å²) in [6.07, 6.45) is 2.38. The van der Waals surface area contributed by atoms with Crippen molar-refractivity contribution >= 4 is 5.91 Å². The van der Waals surface area contributed by atoms with Gasteiger partial charge >= 0.3 is 0 Å². The van der Waals surface area contributed by atoms with Crippen molar-refractivity contribution in [2.45, 2.75) is 25.5 Å². The maximum atomic E-state index is 11.9. The highest BCUT2D eigenvalue weighted by Crippen LogP contribution is 2.38. The quantitative estimate of drug-likeness (QED) is 0.702. The zero-order valence-corrected chi connectivity index (χ0v) is 14.5. The number of rotatable bonds is 9. The van der Waals surface area contributed by atoms with E-state index in [2.05, 4.69) is 10.6 Å². The van der Waals surface area contributed by atoms with E-state index in [0.717, 1.165) is 25.0 Å². The van der Waals surface area contributed by atoms with Gasteiger partial charge in [0.1, 0.15) is 0 Å². The average Bonchev–Trinajstić information content (AvgIpc) is 3.12. The molecule has 1 unspecified atom stereocenters. The molecule has 0 bridgehead atoms. The number of carbonyl (C=O) groups is 1. The summed E-state index contributed by atoms with van der Waals surface area (Å²) >= 11 is 0. The lowest BCUT2D eigenvalue weighted by molar-refractivity contribution is -0.120. The first-order chi connectivity index (χ1) is 11.7. The van der Waals surface area contributed by atoms with Crippen LogP contribution < -0.4 is 24.8 Å². The summed E-state index contributed by atoms with van der Waals surface area (Å²) in [4.78, 5) is 11.9. The summed E-state index contributed by atoms with van der Waals surface area (Å²) < 4.78 is 21.4. The Labute approximate surface area is 142 Å². The summed E-state index contributed by atoms with van der Waals surface area (Å²) in [5.41, 5.74) is 0.872. The molecule has 1 atom stereocenters. The summed E-state index contributed by atoms with van der Waals surface area (Å²) in [5, 5.41) is 5.99. The van der Waals surface area contributed by atoms with Crippen molar-refractivity contribution in [3.05, 3.63) is 17.7 Å². The van der Waals surface area contributed by atoms with Gasteiger partial charge < -0.3 is 29.6 Å². The minimum atomic E-state index is -0.0678. The van der Waals surface area contributed by atoms with Crippen molar-refractivity contribution in [2.75, 3.05) is 41.0 Å². The minimum Gasteiger partial charge on any atom is -0.493 e. The van der Waals surface area contributed by atoms with Gasteiger partial charge in [-0.2, -0.15) is 0 Å². The molecule has 1 aromatic rings. The van der Waals surface area contributed by atoms with Gasteiger partial charge in [-0.15, -0.1) is 0 Å². The van der Waals surface area contributed by atoms with E-state index in [1.165, 1.54) is 0 Å². The molecule has 0 saturated carbocycles.